The van der Waals surface area contributed by atoms with Crippen LogP contribution >= 0.6 is 0 Å². The molecule has 114 valence electrons. The van der Waals surface area contributed by atoms with Gasteiger partial charge < -0.3 is 10.4 Å². The predicted molar refractivity (Wildman–Crippen MR) is 82.9 cm³/mol. The molecular weight excluding hydrogens is 284 g/mol. The van der Waals surface area contributed by atoms with E-state index in [0.717, 1.165) is 5.56 Å². The first kappa shape index (κ1) is 15.5. The van der Waals surface area contributed by atoms with Crippen molar-refractivity contribution in [1.29, 1.82) is 0 Å². The molecule has 0 bridgehead atoms. The van der Waals surface area contributed by atoms with Gasteiger partial charge >= 0.3 is 5.97 Å². The number of nitrogens with zero attached hydrogens (tertiary/aromatic N) is 1. The summed E-state index contributed by atoms with van der Waals surface area (Å²) < 4.78 is 0. The molecule has 2 aromatic carbocycles. The Kier molecular flexibility index (Phi) is 5.08. The third-order valence-corrected chi connectivity index (χ3v) is 3.30. The Balaban J connectivity index is 2.10. The Labute approximate surface area is 127 Å². The molecule has 0 heterocycles. The highest BCUT2D eigenvalue weighted by molar-refractivity contribution is 5.88. The fourth-order valence-corrected chi connectivity index (χ4v) is 2.20. The van der Waals surface area contributed by atoms with Crippen LogP contribution in [0.3, 0.4) is 0 Å². The monoisotopic (exact) mass is 300 g/mol. The highest BCUT2D eigenvalue weighted by Gasteiger charge is 2.17. The molecule has 2 N–H and O–H groups in total. The van der Waals surface area contributed by atoms with Crippen LogP contribution in [-0.4, -0.2) is 29.1 Å². The average molecular weight is 300 g/mol. The number of nitrogens with one attached hydrogen (secondary N) is 1. The summed E-state index contributed by atoms with van der Waals surface area (Å²) in [6.45, 7) is 0.170. The molecule has 0 fully saturated rings. The maximum atomic E-state index is 10.9. The van der Waals surface area contributed by atoms with Gasteiger partial charge in [-0.2, -0.15) is 0 Å². The number of carbonyl (C=O) groups is 1. The fraction of sp³-hybridized carbons (Fsp3) is 0.188. The Morgan fingerprint density at radius 1 is 1.18 bits per heavy atom. The van der Waals surface area contributed by atoms with Gasteiger partial charge in [0, 0.05) is 17.2 Å². The van der Waals surface area contributed by atoms with Gasteiger partial charge in [-0.15, -0.1) is 0 Å². The molecule has 0 aliphatic rings. The molecule has 0 saturated carbocycles. The van der Waals surface area contributed by atoms with Crippen LogP contribution in [0.2, 0.25) is 0 Å². The van der Waals surface area contributed by atoms with E-state index >= 15 is 0 Å². The molecular formula is C16H16N2O4. The minimum absolute atomic E-state index is 0.176. The van der Waals surface area contributed by atoms with Crippen molar-refractivity contribution in [2.45, 2.75) is 5.92 Å². The van der Waals surface area contributed by atoms with Gasteiger partial charge in [-0.1, -0.05) is 36.4 Å². The highest BCUT2D eigenvalue weighted by atomic mass is 16.6. The first-order valence-corrected chi connectivity index (χ1v) is 6.80. The van der Waals surface area contributed by atoms with Crippen molar-refractivity contribution in [2.75, 3.05) is 18.4 Å². The van der Waals surface area contributed by atoms with E-state index in [0.29, 0.717) is 12.2 Å². The zero-order chi connectivity index (χ0) is 15.9. The van der Waals surface area contributed by atoms with E-state index in [-0.39, 0.29) is 22.9 Å². The lowest BCUT2D eigenvalue weighted by Crippen LogP contribution is -2.20. The average Bonchev–Trinajstić information content (AvgIpc) is 2.52. The predicted octanol–water partition coefficient (Wildman–Crippen LogP) is 2.86. The highest BCUT2D eigenvalue weighted by Crippen LogP contribution is 2.18. The second-order valence-electron chi connectivity index (χ2n) is 4.89. The van der Waals surface area contributed by atoms with E-state index in [1.807, 2.05) is 30.3 Å². The molecule has 6 heteroatoms. The van der Waals surface area contributed by atoms with Crippen LogP contribution in [0.1, 0.15) is 21.8 Å². The Hall–Kier alpha value is -2.89. The number of hydrogen-bond donors (Lipinski definition) is 2. The maximum absolute atomic E-state index is 10.9. The van der Waals surface area contributed by atoms with Crippen LogP contribution < -0.4 is 5.32 Å². The summed E-state index contributed by atoms with van der Waals surface area (Å²) in [5, 5.41) is 22.9. The summed E-state index contributed by atoms with van der Waals surface area (Å²) in [6, 6.07) is 15.6. The number of nitro groups is 1. The second-order valence-corrected chi connectivity index (χ2v) is 4.89. The van der Waals surface area contributed by atoms with E-state index in [9.17, 15) is 14.9 Å². The van der Waals surface area contributed by atoms with Crippen molar-refractivity contribution < 1.29 is 14.8 Å². The quantitative estimate of drug-likeness (QED) is 0.606. The summed E-state index contributed by atoms with van der Waals surface area (Å²) >= 11 is 0. The summed E-state index contributed by atoms with van der Waals surface area (Å²) in [4.78, 5) is 21.4. The molecule has 22 heavy (non-hydrogen) atoms. The van der Waals surface area contributed by atoms with Gasteiger partial charge in [0.15, 0.2) is 0 Å². The molecule has 2 rings (SSSR count). The van der Waals surface area contributed by atoms with Crippen LogP contribution in [-0.2, 0) is 0 Å². The molecule has 0 aromatic heterocycles. The maximum Gasteiger partial charge on any atom is 0.335 e. The molecule has 0 aliphatic heterocycles. The number of benzene rings is 2. The standard InChI is InChI=1S/C16H16N2O4/c19-16(20)13-7-4-8-15(9-13)17-10-14(11-18(21)22)12-5-2-1-3-6-12/h1-9,14,17H,10-11H2,(H,19,20). The van der Waals surface area contributed by atoms with Crippen LogP contribution in [0, 0.1) is 10.1 Å². The van der Waals surface area contributed by atoms with E-state index in [1.165, 1.54) is 12.1 Å². The van der Waals surface area contributed by atoms with Gasteiger partial charge in [0.2, 0.25) is 6.54 Å². The molecule has 0 radical (unpaired) electrons. The number of carboxylic acids is 1. The SMILES string of the molecule is O=C(O)c1cccc(NCC(C[N+](=O)[O-])c2ccccc2)c1. The van der Waals surface area contributed by atoms with Gasteiger partial charge in [-0.3, -0.25) is 10.1 Å². The lowest BCUT2D eigenvalue weighted by Gasteiger charge is -2.15. The lowest BCUT2D eigenvalue weighted by atomic mass is 9.99. The normalized spacial score (nSPS) is 11.6. The van der Waals surface area contributed by atoms with Crippen molar-refractivity contribution >= 4 is 11.7 Å². The zero-order valence-electron chi connectivity index (χ0n) is 11.8. The first-order valence-electron chi connectivity index (χ1n) is 6.80. The number of hydrogen-bond acceptors (Lipinski definition) is 4. The van der Waals surface area contributed by atoms with E-state index in [2.05, 4.69) is 5.32 Å². The third kappa shape index (κ3) is 4.31. The largest absolute Gasteiger partial charge is 0.478 e. The Morgan fingerprint density at radius 3 is 2.55 bits per heavy atom. The van der Waals surface area contributed by atoms with Crippen molar-refractivity contribution in [1.82, 2.24) is 0 Å². The van der Waals surface area contributed by atoms with Crippen LogP contribution in [0.4, 0.5) is 5.69 Å². The van der Waals surface area contributed by atoms with Gasteiger partial charge in [0.05, 0.1) is 11.5 Å². The van der Waals surface area contributed by atoms with Crippen LogP contribution in [0.15, 0.2) is 54.6 Å². The van der Waals surface area contributed by atoms with Crippen LogP contribution in [0.5, 0.6) is 0 Å². The Bertz CT molecular complexity index is 658. The van der Waals surface area contributed by atoms with Crippen molar-refractivity contribution in [3.8, 4) is 0 Å². The van der Waals surface area contributed by atoms with E-state index in [4.69, 9.17) is 5.11 Å². The zero-order valence-corrected chi connectivity index (χ0v) is 11.8. The lowest BCUT2D eigenvalue weighted by molar-refractivity contribution is -0.482. The topological polar surface area (TPSA) is 92.5 Å². The molecule has 0 saturated heterocycles. The number of rotatable bonds is 7. The first-order chi connectivity index (χ1) is 10.6. The summed E-state index contributed by atoms with van der Waals surface area (Å²) in [7, 11) is 0. The molecule has 2 aromatic rings. The summed E-state index contributed by atoms with van der Waals surface area (Å²) in [6.07, 6.45) is 0. The molecule has 0 aliphatic carbocycles. The molecule has 1 atom stereocenters. The van der Waals surface area contributed by atoms with E-state index in [1.54, 1.807) is 12.1 Å². The summed E-state index contributed by atoms with van der Waals surface area (Å²) in [5.74, 6) is -1.29. The third-order valence-electron chi connectivity index (χ3n) is 3.30. The van der Waals surface area contributed by atoms with E-state index < -0.39 is 5.97 Å². The van der Waals surface area contributed by atoms with Gasteiger partial charge in [-0.05, 0) is 23.8 Å². The molecule has 6 nitrogen and oxygen atoms in total. The second kappa shape index (κ2) is 7.21. The minimum Gasteiger partial charge on any atom is -0.478 e. The van der Waals surface area contributed by atoms with Crippen LogP contribution in [0.25, 0.3) is 0 Å². The Morgan fingerprint density at radius 2 is 1.91 bits per heavy atom. The van der Waals surface area contributed by atoms with Crippen molar-refractivity contribution in [3.63, 3.8) is 0 Å². The van der Waals surface area contributed by atoms with Gasteiger partial charge in [-0.25, -0.2) is 4.79 Å². The number of carboxylic acid groups (broad SMARTS) is 1. The van der Waals surface area contributed by atoms with Crippen molar-refractivity contribution in [2.24, 2.45) is 0 Å². The van der Waals surface area contributed by atoms with Gasteiger partial charge in [0.25, 0.3) is 0 Å². The number of anilines is 1. The minimum atomic E-state index is -1.01. The molecule has 0 spiro atoms. The van der Waals surface area contributed by atoms with Gasteiger partial charge in [0.1, 0.15) is 0 Å². The summed E-state index contributed by atoms with van der Waals surface area (Å²) in [5.41, 5.74) is 1.68. The smallest absolute Gasteiger partial charge is 0.335 e. The fourth-order valence-electron chi connectivity index (χ4n) is 2.20. The molecule has 1 unspecified atom stereocenters. The number of aromatic carboxylic acids is 1. The van der Waals surface area contributed by atoms with Crippen molar-refractivity contribution in [3.05, 3.63) is 75.8 Å². The molecule has 0 amide bonds.